The molecule has 9 nitrogen and oxygen atoms in total. The lowest BCUT2D eigenvalue weighted by atomic mass is 9.76. The van der Waals surface area contributed by atoms with Gasteiger partial charge in [0.15, 0.2) is 5.54 Å². The maximum Gasteiger partial charge on any atom is 0.410 e. The summed E-state index contributed by atoms with van der Waals surface area (Å²) in [5, 5.41) is 0.317. The predicted molar refractivity (Wildman–Crippen MR) is 137 cm³/mol. The highest BCUT2D eigenvalue weighted by Gasteiger charge is 2.59. The molecule has 1 heterocycles. The number of nitrogens with two attached hydrogens (primary N) is 1. The van der Waals surface area contributed by atoms with Crippen LogP contribution < -0.4 is 14.8 Å². The molecule has 1 fully saturated rings. The molecule has 4 rings (SSSR count). The first kappa shape index (κ1) is 26.1. The van der Waals surface area contributed by atoms with Crippen LogP contribution in [0.2, 0.25) is 5.02 Å². The zero-order chi connectivity index (χ0) is 26.3. The molecule has 1 aliphatic carbocycles. The van der Waals surface area contributed by atoms with Crippen molar-refractivity contribution in [1.29, 1.82) is 0 Å². The molecule has 36 heavy (non-hydrogen) atoms. The zero-order valence-electron chi connectivity index (χ0n) is 20.5. The molecule has 2 aliphatic rings. The molecule has 2 amide bonds. The molecule has 194 valence electrons. The number of hydrogen-bond donors (Lipinski definition) is 1. The second kappa shape index (κ2) is 9.82. The fraction of sp³-hybridized carbons (Fsp3) is 0.440. The highest BCUT2D eigenvalue weighted by atomic mass is 35.5. The van der Waals surface area contributed by atoms with Gasteiger partial charge in [-0.2, -0.15) is 4.31 Å². The van der Waals surface area contributed by atoms with Crippen molar-refractivity contribution in [3.8, 4) is 5.75 Å². The second-order valence-electron chi connectivity index (χ2n) is 9.24. The van der Waals surface area contributed by atoms with Crippen molar-refractivity contribution < 1.29 is 27.5 Å². The van der Waals surface area contributed by atoms with Crippen LogP contribution in [0, 0.1) is 5.92 Å². The molecular weight excluding hydrogens is 506 g/mol. The Labute approximate surface area is 216 Å². The third-order valence-electron chi connectivity index (χ3n) is 7.20. The third kappa shape index (κ3) is 4.16. The van der Waals surface area contributed by atoms with Gasteiger partial charge in [-0.05, 0) is 42.7 Å². The molecule has 1 saturated carbocycles. The van der Waals surface area contributed by atoms with Gasteiger partial charge in [0, 0.05) is 29.4 Å². The van der Waals surface area contributed by atoms with Gasteiger partial charge in [0.25, 0.3) is 15.9 Å². The smallest absolute Gasteiger partial charge is 0.410 e. The Kier molecular flexibility index (Phi) is 7.12. The quantitative estimate of drug-likeness (QED) is 0.539. The van der Waals surface area contributed by atoms with Gasteiger partial charge in [0.2, 0.25) is 0 Å². The average molecular weight is 536 g/mol. The minimum Gasteiger partial charge on any atom is -0.495 e. The molecule has 1 aliphatic heterocycles. The van der Waals surface area contributed by atoms with E-state index < -0.39 is 27.6 Å². The van der Waals surface area contributed by atoms with Crippen LogP contribution in [0.3, 0.4) is 0 Å². The minimum absolute atomic E-state index is 0.00409. The van der Waals surface area contributed by atoms with Gasteiger partial charge in [-0.25, -0.2) is 13.2 Å². The van der Waals surface area contributed by atoms with Crippen LogP contribution in [-0.2, 0) is 25.1 Å². The van der Waals surface area contributed by atoms with Crippen LogP contribution in [0.15, 0.2) is 41.3 Å². The van der Waals surface area contributed by atoms with Gasteiger partial charge in [-0.15, -0.1) is 0 Å². The number of benzene rings is 2. The van der Waals surface area contributed by atoms with Crippen molar-refractivity contribution in [1.82, 2.24) is 4.90 Å². The lowest BCUT2D eigenvalue weighted by molar-refractivity contribution is -0.128. The summed E-state index contributed by atoms with van der Waals surface area (Å²) in [5.74, 6) is -0.656. The molecule has 1 atom stereocenters. The van der Waals surface area contributed by atoms with Crippen molar-refractivity contribution in [2.24, 2.45) is 5.92 Å². The lowest BCUT2D eigenvalue weighted by Crippen LogP contribution is -2.55. The van der Waals surface area contributed by atoms with Gasteiger partial charge in [0.1, 0.15) is 10.6 Å². The Bertz CT molecular complexity index is 1290. The Hall–Kier alpha value is -2.98. The number of amides is 2. The second-order valence-corrected chi connectivity index (χ2v) is 11.4. The van der Waals surface area contributed by atoms with Crippen LogP contribution in [0.1, 0.15) is 44.1 Å². The first-order chi connectivity index (χ1) is 17.1. The predicted octanol–water partition coefficient (Wildman–Crippen LogP) is 4.53. The molecule has 0 saturated heterocycles. The molecule has 2 aromatic carbocycles. The fourth-order valence-corrected chi connectivity index (χ4v) is 7.20. The van der Waals surface area contributed by atoms with E-state index in [1.54, 1.807) is 6.07 Å². The molecule has 0 radical (unpaired) electrons. The van der Waals surface area contributed by atoms with Crippen LogP contribution in [0.5, 0.6) is 5.75 Å². The van der Waals surface area contributed by atoms with Crippen molar-refractivity contribution in [2.75, 3.05) is 31.3 Å². The summed E-state index contributed by atoms with van der Waals surface area (Å²) in [5.41, 5.74) is 4.99. The largest absolute Gasteiger partial charge is 0.495 e. The maximum atomic E-state index is 14.4. The van der Waals surface area contributed by atoms with Crippen LogP contribution in [0.4, 0.5) is 16.2 Å². The molecule has 0 spiro atoms. The lowest BCUT2D eigenvalue weighted by Gasteiger charge is -2.40. The van der Waals surface area contributed by atoms with E-state index in [1.165, 1.54) is 56.5 Å². The summed E-state index contributed by atoms with van der Waals surface area (Å²) in [7, 11) is -0.468. The maximum absolute atomic E-state index is 14.4. The third-order valence-corrected chi connectivity index (χ3v) is 9.17. The number of nitrogens with zero attached hydrogens (tertiary/aromatic N) is 2. The van der Waals surface area contributed by atoms with Gasteiger partial charge in [-0.1, -0.05) is 43.7 Å². The van der Waals surface area contributed by atoms with E-state index >= 15 is 0 Å². The van der Waals surface area contributed by atoms with Gasteiger partial charge >= 0.3 is 6.09 Å². The van der Waals surface area contributed by atoms with Crippen LogP contribution in [-0.4, -0.2) is 46.6 Å². The van der Waals surface area contributed by atoms with E-state index in [0.29, 0.717) is 16.3 Å². The van der Waals surface area contributed by atoms with E-state index in [-0.39, 0.29) is 28.7 Å². The number of carbonyl (C=O) groups is 2. The first-order valence-corrected chi connectivity index (χ1v) is 13.5. The Balaban J connectivity index is 1.95. The highest BCUT2D eigenvalue weighted by Crippen LogP contribution is 2.52. The number of rotatable bonds is 6. The molecule has 0 bridgehead atoms. The average Bonchev–Trinajstić information content (AvgIpc) is 3.11. The van der Waals surface area contributed by atoms with Crippen LogP contribution >= 0.6 is 11.6 Å². The number of nitrogen functional groups attached to an aromatic ring is 1. The molecule has 2 aromatic rings. The normalized spacial score (nSPS) is 20.2. The van der Waals surface area contributed by atoms with Gasteiger partial charge in [0.05, 0.1) is 19.9 Å². The number of halogens is 1. The molecular formula is C25H30ClN3O6S. The standard InChI is InChI=1S/C25H30ClN3O6S/c1-28(24(31)35-3)25(15-16-7-5-4-6-8-16)19-13-17(26)9-11-20(19)29(23(25)30)36(32,33)22-12-10-18(27)14-21(22)34-2/h9-14,16H,4-8,15,27H2,1-3H3. The van der Waals surface area contributed by atoms with Crippen molar-refractivity contribution >= 4 is 45.0 Å². The summed E-state index contributed by atoms with van der Waals surface area (Å²) in [6, 6.07) is 8.68. The Morgan fingerprint density at radius 2 is 1.86 bits per heavy atom. The van der Waals surface area contributed by atoms with E-state index in [1.807, 2.05) is 0 Å². The summed E-state index contributed by atoms with van der Waals surface area (Å²) in [6.45, 7) is 0. The van der Waals surface area contributed by atoms with E-state index in [4.69, 9.17) is 26.8 Å². The number of ether oxygens (including phenoxy) is 2. The first-order valence-electron chi connectivity index (χ1n) is 11.7. The highest BCUT2D eigenvalue weighted by molar-refractivity contribution is 7.93. The SMILES string of the molecule is COC(=O)N(C)C1(CC2CCCCC2)C(=O)N(S(=O)(=O)c2ccc(N)cc2OC)c2ccc(Cl)cc21. The summed E-state index contributed by atoms with van der Waals surface area (Å²) in [6.07, 6.45) is 4.35. The Morgan fingerprint density at radius 1 is 1.17 bits per heavy atom. The minimum atomic E-state index is -4.47. The number of anilines is 2. The van der Waals surface area contributed by atoms with Gasteiger partial charge < -0.3 is 15.2 Å². The van der Waals surface area contributed by atoms with Crippen molar-refractivity contribution in [2.45, 2.75) is 49.0 Å². The van der Waals surface area contributed by atoms with E-state index in [9.17, 15) is 18.0 Å². The fourth-order valence-electron chi connectivity index (χ4n) is 5.40. The molecule has 2 N–H and O–H groups in total. The summed E-state index contributed by atoms with van der Waals surface area (Å²) in [4.78, 5) is 28.3. The topological polar surface area (TPSA) is 119 Å². The Morgan fingerprint density at radius 3 is 2.50 bits per heavy atom. The van der Waals surface area contributed by atoms with Gasteiger partial charge in [-0.3, -0.25) is 9.69 Å². The summed E-state index contributed by atoms with van der Waals surface area (Å²) >= 11 is 6.36. The number of hydrogen-bond acceptors (Lipinski definition) is 7. The van der Waals surface area contributed by atoms with E-state index in [2.05, 4.69) is 0 Å². The zero-order valence-corrected chi connectivity index (χ0v) is 22.1. The molecule has 1 unspecified atom stereocenters. The van der Waals surface area contributed by atoms with Crippen molar-refractivity contribution in [3.63, 3.8) is 0 Å². The molecule has 0 aromatic heterocycles. The molecule has 11 heteroatoms. The van der Waals surface area contributed by atoms with Crippen LogP contribution in [0.25, 0.3) is 0 Å². The summed E-state index contributed by atoms with van der Waals surface area (Å²) < 4.78 is 39.1. The number of carbonyl (C=O) groups excluding carboxylic acids is 2. The number of likely N-dealkylation sites (N-methyl/N-ethyl adjacent to an activating group) is 1. The van der Waals surface area contributed by atoms with E-state index in [0.717, 1.165) is 36.4 Å². The number of fused-ring (bicyclic) bond motifs is 1. The number of methoxy groups -OCH3 is 2. The number of sulfonamides is 1. The monoisotopic (exact) mass is 535 g/mol. The van der Waals surface area contributed by atoms with Crippen molar-refractivity contribution in [3.05, 3.63) is 47.0 Å².